The van der Waals surface area contributed by atoms with E-state index in [-0.39, 0.29) is 6.17 Å². The van der Waals surface area contributed by atoms with Crippen LogP contribution in [0.15, 0.2) is 11.8 Å². The van der Waals surface area contributed by atoms with Gasteiger partial charge in [-0.05, 0) is 39.2 Å². The molecule has 0 amide bonds. The minimum atomic E-state index is -1.12. The van der Waals surface area contributed by atoms with Gasteiger partial charge in [0.05, 0.1) is 26.0 Å². The van der Waals surface area contributed by atoms with Crippen molar-refractivity contribution < 1.29 is 14.6 Å². The van der Waals surface area contributed by atoms with Gasteiger partial charge in [-0.25, -0.2) is 0 Å². The highest BCUT2D eigenvalue weighted by Crippen LogP contribution is 2.10. The fourth-order valence-corrected chi connectivity index (χ4v) is 2.91. The molecule has 166 valence electrons. The molecule has 0 saturated carbocycles. The van der Waals surface area contributed by atoms with Gasteiger partial charge in [-0.15, -0.1) is 0 Å². The van der Waals surface area contributed by atoms with Gasteiger partial charge < -0.3 is 30.2 Å². The van der Waals surface area contributed by atoms with E-state index in [0.29, 0.717) is 25.4 Å². The van der Waals surface area contributed by atoms with E-state index in [4.69, 9.17) is 14.9 Å². The Bertz CT molecular complexity index is 400. The first-order valence-electron chi connectivity index (χ1n) is 10.3. The maximum absolute atomic E-state index is 10.2. The van der Waals surface area contributed by atoms with Crippen LogP contribution in [0.5, 0.6) is 0 Å². The lowest BCUT2D eigenvalue weighted by Gasteiger charge is -2.29. The SMILES string of the molecule is CCCCC[C@@H](NCCCNC)N(C)/C=C(/C=N)[C@@H](O)OCCOCCSC. The summed E-state index contributed by atoms with van der Waals surface area (Å²) >= 11 is 1.73. The average Bonchev–Trinajstić information content (AvgIpc) is 2.70. The molecule has 0 radical (unpaired) electrons. The van der Waals surface area contributed by atoms with E-state index < -0.39 is 6.29 Å². The lowest BCUT2D eigenvalue weighted by atomic mass is 10.1. The second kappa shape index (κ2) is 19.7. The highest BCUT2D eigenvalue weighted by atomic mass is 32.2. The topological polar surface area (TPSA) is 89.8 Å². The molecule has 0 aromatic rings. The second-order valence-electron chi connectivity index (χ2n) is 6.69. The number of hydrogen-bond acceptors (Lipinski definition) is 8. The zero-order chi connectivity index (χ0) is 21.0. The molecule has 0 spiro atoms. The summed E-state index contributed by atoms with van der Waals surface area (Å²) < 4.78 is 10.8. The summed E-state index contributed by atoms with van der Waals surface area (Å²) in [5.74, 6) is 0.944. The fourth-order valence-electron chi connectivity index (χ4n) is 2.63. The monoisotopic (exact) mass is 418 g/mol. The standard InChI is InChI=1S/C20H42N4O3S/c1-5-6-7-9-19(23-11-8-10-22-2)24(3)17-18(16-21)20(25)27-13-12-26-14-15-28-4/h16-17,19-23,25H,5-15H2,1-4H3/b18-17-,21-16?/t19-,20-/m0/s1. The number of nitrogens with one attached hydrogen (secondary N) is 3. The molecule has 0 fully saturated rings. The molecule has 0 aromatic carbocycles. The number of hydrogen-bond donors (Lipinski definition) is 4. The Hall–Kier alpha value is -0.640. The number of aliphatic hydroxyl groups is 1. The number of rotatable bonds is 20. The van der Waals surface area contributed by atoms with Gasteiger partial charge in [0.1, 0.15) is 0 Å². The average molecular weight is 419 g/mol. The maximum atomic E-state index is 10.2. The van der Waals surface area contributed by atoms with Crippen LogP contribution in [0.3, 0.4) is 0 Å². The van der Waals surface area contributed by atoms with E-state index in [9.17, 15) is 5.11 Å². The molecule has 0 aliphatic rings. The number of thioether (sulfide) groups is 1. The molecule has 0 bridgehead atoms. The first kappa shape index (κ1) is 27.4. The summed E-state index contributed by atoms with van der Waals surface area (Å²) in [7, 11) is 3.93. The summed E-state index contributed by atoms with van der Waals surface area (Å²) in [4.78, 5) is 2.04. The maximum Gasteiger partial charge on any atom is 0.184 e. The zero-order valence-electron chi connectivity index (χ0n) is 18.2. The molecule has 7 nitrogen and oxygen atoms in total. The van der Waals surface area contributed by atoms with Crippen molar-refractivity contribution in [3.05, 3.63) is 11.8 Å². The number of aliphatic hydroxyl groups excluding tert-OH is 1. The third-order valence-corrected chi connectivity index (χ3v) is 4.87. The van der Waals surface area contributed by atoms with Crippen molar-refractivity contribution in [2.45, 2.75) is 51.5 Å². The van der Waals surface area contributed by atoms with Crippen LogP contribution >= 0.6 is 11.8 Å². The van der Waals surface area contributed by atoms with Crippen LogP contribution in [-0.2, 0) is 9.47 Å². The van der Waals surface area contributed by atoms with Crippen molar-refractivity contribution in [1.29, 1.82) is 5.41 Å². The molecule has 0 heterocycles. The highest BCUT2D eigenvalue weighted by molar-refractivity contribution is 7.98. The molecule has 2 atom stereocenters. The van der Waals surface area contributed by atoms with E-state index >= 15 is 0 Å². The van der Waals surface area contributed by atoms with E-state index in [2.05, 4.69) is 17.6 Å². The van der Waals surface area contributed by atoms with Crippen LogP contribution in [0.25, 0.3) is 0 Å². The highest BCUT2D eigenvalue weighted by Gasteiger charge is 2.15. The number of ether oxygens (including phenoxy) is 2. The van der Waals surface area contributed by atoms with Crippen molar-refractivity contribution in [1.82, 2.24) is 15.5 Å². The van der Waals surface area contributed by atoms with Gasteiger partial charge in [0, 0.05) is 30.8 Å². The van der Waals surface area contributed by atoms with Gasteiger partial charge in [-0.3, -0.25) is 5.32 Å². The third kappa shape index (κ3) is 14.4. The van der Waals surface area contributed by atoms with Crippen LogP contribution in [0, 0.1) is 5.41 Å². The lowest BCUT2D eigenvalue weighted by molar-refractivity contribution is -0.0843. The summed E-state index contributed by atoms with van der Waals surface area (Å²) in [6.45, 7) is 5.51. The van der Waals surface area contributed by atoms with Gasteiger partial charge in [0.2, 0.25) is 0 Å². The Kier molecular flexibility index (Phi) is 19.2. The van der Waals surface area contributed by atoms with Gasteiger partial charge in [-0.2, -0.15) is 11.8 Å². The molecule has 28 heavy (non-hydrogen) atoms. The lowest BCUT2D eigenvalue weighted by Crippen LogP contribution is -2.42. The summed E-state index contributed by atoms with van der Waals surface area (Å²) in [6, 6.07) is 0. The number of nitrogens with zero attached hydrogens (tertiary/aromatic N) is 1. The normalized spacial score (nSPS) is 14.1. The van der Waals surface area contributed by atoms with E-state index in [0.717, 1.165) is 44.3 Å². The van der Waals surface area contributed by atoms with Crippen LogP contribution in [0.4, 0.5) is 0 Å². The minimum Gasteiger partial charge on any atom is -0.378 e. The molecule has 8 heteroatoms. The van der Waals surface area contributed by atoms with Gasteiger partial charge >= 0.3 is 0 Å². The summed E-state index contributed by atoms with van der Waals surface area (Å²) in [6.07, 6.45) is 9.63. The molecular formula is C20H42N4O3S. The molecule has 0 aliphatic carbocycles. The predicted molar refractivity (Wildman–Crippen MR) is 120 cm³/mol. The molecule has 0 saturated heterocycles. The van der Waals surface area contributed by atoms with Crippen molar-refractivity contribution >= 4 is 18.0 Å². The van der Waals surface area contributed by atoms with Crippen molar-refractivity contribution in [3.63, 3.8) is 0 Å². The first-order valence-corrected chi connectivity index (χ1v) is 11.7. The second-order valence-corrected chi connectivity index (χ2v) is 7.68. The Morgan fingerprint density at radius 2 is 2.00 bits per heavy atom. The van der Waals surface area contributed by atoms with E-state index in [1.54, 1.807) is 18.0 Å². The van der Waals surface area contributed by atoms with Gasteiger partial charge in [-0.1, -0.05) is 26.2 Å². The van der Waals surface area contributed by atoms with Gasteiger partial charge in [0.25, 0.3) is 0 Å². The van der Waals surface area contributed by atoms with E-state index in [1.807, 2.05) is 25.3 Å². The van der Waals surface area contributed by atoms with Gasteiger partial charge in [0.15, 0.2) is 6.29 Å². The van der Waals surface area contributed by atoms with Crippen LogP contribution in [-0.4, -0.2) is 87.7 Å². The van der Waals surface area contributed by atoms with Crippen molar-refractivity contribution in [3.8, 4) is 0 Å². The summed E-state index contributed by atoms with van der Waals surface area (Å²) in [5, 5.41) is 24.6. The molecule has 0 aromatic heterocycles. The Balaban J connectivity index is 4.59. The zero-order valence-corrected chi connectivity index (χ0v) is 19.0. The number of unbranched alkanes of at least 4 members (excludes halogenated alkanes) is 2. The van der Waals surface area contributed by atoms with Crippen LogP contribution in [0.2, 0.25) is 0 Å². The molecule has 4 N–H and O–H groups in total. The van der Waals surface area contributed by atoms with E-state index in [1.165, 1.54) is 12.8 Å². The predicted octanol–water partition coefficient (Wildman–Crippen LogP) is 2.27. The molecule has 0 unspecified atom stereocenters. The smallest absolute Gasteiger partial charge is 0.184 e. The first-order chi connectivity index (χ1) is 13.6. The largest absolute Gasteiger partial charge is 0.378 e. The van der Waals surface area contributed by atoms with Crippen molar-refractivity contribution in [2.75, 3.05) is 59.0 Å². The molecule has 0 aliphatic heterocycles. The Labute approximate surface area is 176 Å². The Morgan fingerprint density at radius 3 is 2.64 bits per heavy atom. The van der Waals surface area contributed by atoms with Crippen LogP contribution < -0.4 is 10.6 Å². The summed E-state index contributed by atoms with van der Waals surface area (Å²) in [5.41, 5.74) is 0.434. The molecule has 0 rings (SSSR count). The Morgan fingerprint density at radius 1 is 1.21 bits per heavy atom. The quantitative estimate of drug-likeness (QED) is 0.137. The third-order valence-electron chi connectivity index (χ3n) is 4.30. The van der Waals surface area contributed by atoms with Crippen LogP contribution in [0.1, 0.15) is 39.0 Å². The molecular weight excluding hydrogens is 376 g/mol. The van der Waals surface area contributed by atoms with Crippen molar-refractivity contribution in [2.24, 2.45) is 0 Å². The minimum absolute atomic E-state index is 0.167. The fraction of sp³-hybridized carbons (Fsp3) is 0.850.